The molecule has 0 aliphatic heterocycles. The van der Waals surface area contributed by atoms with Crippen molar-refractivity contribution in [2.45, 2.75) is 0 Å². The maximum absolute atomic E-state index is 2.20. The van der Waals surface area contributed by atoms with Gasteiger partial charge < -0.3 is 0 Å². The van der Waals surface area contributed by atoms with Gasteiger partial charge in [0.15, 0.2) is 0 Å². The van der Waals surface area contributed by atoms with E-state index in [4.69, 9.17) is 0 Å². The normalized spacial score (nSPS) is 12.2. The summed E-state index contributed by atoms with van der Waals surface area (Å²) in [5, 5.41) is 0. The van der Waals surface area contributed by atoms with Crippen LogP contribution >= 0.6 is 0 Å². The van der Waals surface area contributed by atoms with Gasteiger partial charge in [-0.05, 0) is 23.3 Å². The molecule has 16 heavy (non-hydrogen) atoms. The highest BCUT2D eigenvalue weighted by Gasteiger charge is 2.28. The summed E-state index contributed by atoms with van der Waals surface area (Å²) in [7, 11) is 4.21. The number of hydrogen-bond acceptors (Lipinski definition) is 0. The quantitative estimate of drug-likeness (QED) is 0.500. The zero-order valence-electron chi connectivity index (χ0n) is 9.57. The summed E-state index contributed by atoms with van der Waals surface area (Å²) in [6.45, 7) is 0. The van der Waals surface area contributed by atoms with Gasteiger partial charge in [-0.2, -0.15) is 0 Å². The summed E-state index contributed by atoms with van der Waals surface area (Å²) in [5.41, 5.74) is 6.71. The van der Waals surface area contributed by atoms with Gasteiger partial charge in [-0.25, -0.2) is 4.58 Å². The number of hydrogen-bond donors (Lipinski definition) is 0. The monoisotopic (exact) mass is 208 g/mol. The van der Waals surface area contributed by atoms with E-state index in [1.165, 1.54) is 28.0 Å². The van der Waals surface area contributed by atoms with Crippen LogP contribution in [0.3, 0.4) is 0 Å². The average Bonchev–Trinajstić information content (AvgIpc) is 2.63. The second-order valence-electron chi connectivity index (χ2n) is 4.33. The van der Waals surface area contributed by atoms with Gasteiger partial charge in [-0.1, -0.05) is 36.4 Å². The topological polar surface area (TPSA) is 3.01 Å². The van der Waals surface area contributed by atoms with E-state index in [0.29, 0.717) is 0 Å². The molecule has 1 aliphatic rings. The lowest BCUT2D eigenvalue weighted by molar-refractivity contribution is -0.463. The smallest absolute Gasteiger partial charge is 0.215 e. The van der Waals surface area contributed by atoms with E-state index in [2.05, 4.69) is 67.2 Å². The summed E-state index contributed by atoms with van der Waals surface area (Å²) in [5.74, 6) is 0. The zero-order chi connectivity index (χ0) is 11.1. The van der Waals surface area contributed by atoms with Gasteiger partial charge in [-0.15, -0.1) is 0 Å². The van der Waals surface area contributed by atoms with E-state index in [1.807, 2.05) is 0 Å². The van der Waals surface area contributed by atoms with Crippen molar-refractivity contribution in [1.29, 1.82) is 0 Å². The molecule has 1 nitrogen and oxygen atoms in total. The van der Waals surface area contributed by atoms with E-state index >= 15 is 0 Å². The highest BCUT2D eigenvalue weighted by atomic mass is 14.9. The van der Waals surface area contributed by atoms with Gasteiger partial charge in [0.1, 0.15) is 14.1 Å². The fourth-order valence-electron chi connectivity index (χ4n) is 2.48. The third-order valence-corrected chi connectivity index (χ3v) is 3.10. The Hall–Kier alpha value is -1.89. The van der Waals surface area contributed by atoms with Crippen molar-refractivity contribution in [1.82, 2.24) is 0 Å². The van der Waals surface area contributed by atoms with Crippen molar-refractivity contribution in [3.8, 4) is 11.1 Å². The third-order valence-electron chi connectivity index (χ3n) is 3.10. The Morgan fingerprint density at radius 3 is 1.38 bits per heavy atom. The molecule has 0 saturated carbocycles. The van der Waals surface area contributed by atoms with Crippen molar-refractivity contribution in [3.63, 3.8) is 0 Å². The first-order valence-corrected chi connectivity index (χ1v) is 5.52. The van der Waals surface area contributed by atoms with E-state index < -0.39 is 0 Å². The van der Waals surface area contributed by atoms with Gasteiger partial charge in [0.25, 0.3) is 0 Å². The lowest BCUT2D eigenvalue weighted by Gasteiger charge is -1.98. The molecule has 0 saturated heterocycles. The Morgan fingerprint density at radius 2 is 1.00 bits per heavy atom. The Bertz CT molecular complexity index is 542. The molecule has 0 fully saturated rings. The SMILES string of the molecule is C[N+](C)=C1c2ccccc2-c2ccccc21. The van der Waals surface area contributed by atoms with Gasteiger partial charge in [0.05, 0.1) is 11.1 Å². The maximum Gasteiger partial charge on any atom is 0.215 e. The molecule has 1 heteroatoms. The van der Waals surface area contributed by atoms with Gasteiger partial charge in [0.2, 0.25) is 5.71 Å². The predicted octanol–water partition coefficient (Wildman–Crippen LogP) is 2.78. The summed E-state index contributed by atoms with van der Waals surface area (Å²) >= 11 is 0. The minimum atomic E-state index is 1.33. The second-order valence-corrected chi connectivity index (χ2v) is 4.33. The van der Waals surface area contributed by atoms with Crippen LogP contribution in [-0.4, -0.2) is 24.4 Å². The molecular weight excluding hydrogens is 194 g/mol. The minimum absolute atomic E-state index is 1.33. The highest BCUT2D eigenvalue weighted by molar-refractivity contribution is 6.22. The average molecular weight is 208 g/mol. The van der Waals surface area contributed by atoms with Crippen LogP contribution in [-0.2, 0) is 0 Å². The Labute approximate surface area is 95.7 Å². The van der Waals surface area contributed by atoms with Crippen molar-refractivity contribution >= 4 is 5.71 Å². The molecule has 0 unspecified atom stereocenters. The largest absolute Gasteiger partial charge is 0.234 e. The zero-order valence-corrected chi connectivity index (χ0v) is 9.57. The molecule has 0 heterocycles. The van der Waals surface area contributed by atoms with E-state index in [9.17, 15) is 0 Å². The van der Waals surface area contributed by atoms with E-state index in [0.717, 1.165) is 0 Å². The molecule has 0 spiro atoms. The van der Waals surface area contributed by atoms with Crippen molar-refractivity contribution in [2.75, 3.05) is 14.1 Å². The molecule has 2 aromatic rings. The van der Waals surface area contributed by atoms with Crippen LogP contribution in [0.5, 0.6) is 0 Å². The molecule has 3 rings (SSSR count). The highest BCUT2D eigenvalue weighted by Crippen LogP contribution is 2.36. The molecule has 0 amide bonds. The van der Waals surface area contributed by atoms with Crippen molar-refractivity contribution < 1.29 is 4.58 Å². The van der Waals surface area contributed by atoms with Crippen LogP contribution in [0.25, 0.3) is 11.1 Å². The first kappa shape index (κ1) is 9.34. The van der Waals surface area contributed by atoms with Crippen molar-refractivity contribution in [2.24, 2.45) is 0 Å². The van der Waals surface area contributed by atoms with Gasteiger partial charge in [-0.3, -0.25) is 0 Å². The lowest BCUT2D eigenvalue weighted by Crippen LogP contribution is -2.13. The van der Waals surface area contributed by atoms with E-state index in [1.54, 1.807) is 0 Å². The first-order valence-electron chi connectivity index (χ1n) is 5.52. The summed E-state index contributed by atoms with van der Waals surface area (Å²) in [6.07, 6.45) is 0. The first-order chi connectivity index (χ1) is 7.79. The van der Waals surface area contributed by atoms with Crippen LogP contribution in [0.2, 0.25) is 0 Å². The second kappa shape index (κ2) is 3.31. The molecule has 2 aromatic carbocycles. The van der Waals surface area contributed by atoms with Crippen molar-refractivity contribution in [3.05, 3.63) is 59.7 Å². The summed E-state index contributed by atoms with van der Waals surface area (Å²) < 4.78 is 2.20. The molecule has 0 bridgehead atoms. The van der Waals surface area contributed by atoms with E-state index in [-0.39, 0.29) is 0 Å². The number of benzene rings is 2. The molecule has 0 radical (unpaired) electrons. The molecule has 0 aromatic heterocycles. The summed E-state index contributed by atoms with van der Waals surface area (Å²) in [6, 6.07) is 17.2. The Morgan fingerprint density at radius 1 is 0.625 bits per heavy atom. The minimum Gasteiger partial charge on any atom is -0.234 e. The number of rotatable bonds is 0. The maximum atomic E-state index is 2.20. The molecule has 0 atom stereocenters. The third kappa shape index (κ3) is 1.15. The van der Waals surface area contributed by atoms with Gasteiger partial charge in [0, 0.05) is 0 Å². The van der Waals surface area contributed by atoms with Crippen LogP contribution in [0, 0.1) is 0 Å². The van der Waals surface area contributed by atoms with Crippen LogP contribution < -0.4 is 0 Å². The lowest BCUT2D eigenvalue weighted by atomic mass is 10.1. The fraction of sp³-hybridized carbons (Fsp3) is 0.133. The van der Waals surface area contributed by atoms with Crippen LogP contribution in [0.1, 0.15) is 11.1 Å². The number of nitrogens with zero attached hydrogens (tertiary/aromatic N) is 1. The van der Waals surface area contributed by atoms with Gasteiger partial charge >= 0.3 is 0 Å². The standard InChI is InChI=1S/C15H14N/c1-16(2)15-13-9-5-3-7-11(13)12-8-4-6-10-14(12)15/h3-10H,1-2H3/q+1. The molecule has 1 aliphatic carbocycles. The number of fused-ring (bicyclic) bond motifs is 3. The molecular formula is C15H14N+. The molecule has 0 N–H and O–H groups in total. The Kier molecular flexibility index (Phi) is 1.93. The molecule has 78 valence electrons. The summed E-state index contributed by atoms with van der Waals surface area (Å²) in [4.78, 5) is 0. The Balaban J connectivity index is 2.44. The fourth-order valence-corrected chi connectivity index (χ4v) is 2.48. The van der Waals surface area contributed by atoms with Crippen LogP contribution in [0.15, 0.2) is 48.5 Å². The van der Waals surface area contributed by atoms with Crippen LogP contribution in [0.4, 0.5) is 0 Å². The predicted molar refractivity (Wildman–Crippen MR) is 67.2 cm³/mol.